The van der Waals surface area contributed by atoms with Crippen molar-refractivity contribution in [2.75, 3.05) is 0 Å². The van der Waals surface area contributed by atoms with Crippen molar-refractivity contribution < 1.29 is 0 Å². The highest BCUT2D eigenvalue weighted by Gasteiger charge is 2.16. The highest BCUT2D eigenvalue weighted by molar-refractivity contribution is 6.20. The Hall–Kier alpha value is -1.88. The molecule has 0 spiro atoms. The number of rotatable bonds is 4. The Bertz CT molecular complexity index is 715. The number of imidazole rings is 1. The Morgan fingerprint density at radius 2 is 2.15 bits per heavy atom. The number of aromatic nitrogens is 5. The van der Waals surface area contributed by atoms with Gasteiger partial charge in [0.1, 0.15) is 11.3 Å². The van der Waals surface area contributed by atoms with Gasteiger partial charge in [-0.25, -0.2) is 9.97 Å². The average Bonchev–Trinajstić information content (AvgIpc) is 3.03. The summed E-state index contributed by atoms with van der Waals surface area (Å²) in [6.07, 6.45) is 5.54. The average molecular weight is 290 g/mol. The molecule has 3 aromatic heterocycles. The van der Waals surface area contributed by atoms with E-state index in [0.717, 1.165) is 35.6 Å². The SMILES string of the molecule is Cc1ccnc2c1nc(C(C)Cl)n2CCn1cccn1. The molecule has 0 aliphatic rings. The van der Waals surface area contributed by atoms with E-state index in [1.54, 1.807) is 6.20 Å². The molecule has 6 heteroatoms. The fraction of sp³-hybridized carbons (Fsp3) is 0.357. The molecular formula is C14H16ClN5. The molecule has 1 atom stereocenters. The number of hydrogen-bond donors (Lipinski definition) is 0. The van der Waals surface area contributed by atoms with Crippen LogP contribution in [0.4, 0.5) is 0 Å². The summed E-state index contributed by atoms with van der Waals surface area (Å²) in [5.74, 6) is 0.857. The van der Waals surface area contributed by atoms with Crippen LogP contribution in [0, 0.1) is 6.92 Å². The van der Waals surface area contributed by atoms with Crippen LogP contribution in [0.1, 0.15) is 23.7 Å². The first kappa shape index (κ1) is 13.1. The smallest absolute Gasteiger partial charge is 0.160 e. The van der Waals surface area contributed by atoms with Gasteiger partial charge in [-0.1, -0.05) is 0 Å². The van der Waals surface area contributed by atoms with Gasteiger partial charge in [-0.2, -0.15) is 5.10 Å². The van der Waals surface area contributed by atoms with Gasteiger partial charge in [0, 0.05) is 25.1 Å². The Morgan fingerprint density at radius 3 is 2.85 bits per heavy atom. The van der Waals surface area contributed by atoms with Crippen LogP contribution in [-0.4, -0.2) is 24.3 Å². The normalized spacial score (nSPS) is 12.9. The minimum atomic E-state index is -0.152. The summed E-state index contributed by atoms with van der Waals surface area (Å²) in [7, 11) is 0. The molecule has 0 saturated carbocycles. The van der Waals surface area contributed by atoms with E-state index >= 15 is 0 Å². The predicted octanol–water partition coefficient (Wildman–Crippen LogP) is 2.94. The van der Waals surface area contributed by atoms with Gasteiger partial charge in [0.05, 0.1) is 11.9 Å². The van der Waals surface area contributed by atoms with E-state index in [2.05, 4.69) is 19.6 Å². The van der Waals surface area contributed by atoms with Crippen molar-refractivity contribution in [3.63, 3.8) is 0 Å². The number of halogens is 1. The Kier molecular flexibility index (Phi) is 3.44. The molecule has 0 bridgehead atoms. The molecule has 20 heavy (non-hydrogen) atoms. The van der Waals surface area contributed by atoms with E-state index in [9.17, 15) is 0 Å². The van der Waals surface area contributed by atoms with Crippen molar-refractivity contribution in [2.45, 2.75) is 32.3 Å². The van der Waals surface area contributed by atoms with Gasteiger partial charge in [-0.3, -0.25) is 4.68 Å². The van der Waals surface area contributed by atoms with E-state index in [4.69, 9.17) is 11.6 Å². The molecule has 0 aliphatic carbocycles. The summed E-state index contributed by atoms with van der Waals surface area (Å²) in [6, 6.07) is 3.88. The lowest BCUT2D eigenvalue weighted by Gasteiger charge is -2.10. The number of nitrogens with zero attached hydrogens (tertiary/aromatic N) is 5. The summed E-state index contributed by atoms with van der Waals surface area (Å²) in [5, 5.41) is 4.07. The van der Waals surface area contributed by atoms with Gasteiger partial charge >= 0.3 is 0 Å². The van der Waals surface area contributed by atoms with Crippen LogP contribution in [0.5, 0.6) is 0 Å². The molecule has 0 amide bonds. The molecule has 0 radical (unpaired) electrons. The van der Waals surface area contributed by atoms with Crippen molar-refractivity contribution in [1.82, 2.24) is 24.3 Å². The maximum atomic E-state index is 6.26. The standard InChI is InChI=1S/C14H16ClN5/c1-10-4-6-16-14-12(10)18-13(11(2)15)20(14)9-8-19-7-3-5-17-19/h3-7,11H,8-9H2,1-2H3. The van der Waals surface area contributed by atoms with E-state index < -0.39 is 0 Å². The Morgan fingerprint density at radius 1 is 1.30 bits per heavy atom. The molecule has 0 saturated heterocycles. The van der Waals surface area contributed by atoms with Crippen LogP contribution in [0.2, 0.25) is 0 Å². The Labute approximate surface area is 122 Å². The second kappa shape index (κ2) is 5.25. The summed E-state index contributed by atoms with van der Waals surface area (Å²) < 4.78 is 3.98. The summed E-state index contributed by atoms with van der Waals surface area (Å²) in [6.45, 7) is 5.49. The van der Waals surface area contributed by atoms with Gasteiger partial charge in [0.25, 0.3) is 0 Å². The van der Waals surface area contributed by atoms with E-state index in [-0.39, 0.29) is 5.38 Å². The lowest BCUT2D eigenvalue weighted by atomic mass is 10.3. The quantitative estimate of drug-likeness (QED) is 0.694. The minimum absolute atomic E-state index is 0.152. The topological polar surface area (TPSA) is 48.5 Å². The molecule has 1 unspecified atom stereocenters. The molecule has 104 valence electrons. The van der Waals surface area contributed by atoms with Crippen LogP contribution >= 0.6 is 11.6 Å². The number of alkyl halides is 1. The second-order valence-electron chi connectivity index (χ2n) is 4.81. The minimum Gasteiger partial charge on any atom is -0.310 e. The number of aryl methyl sites for hydroxylation is 3. The maximum Gasteiger partial charge on any atom is 0.160 e. The van der Waals surface area contributed by atoms with E-state index in [1.807, 2.05) is 43.1 Å². The molecule has 0 fully saturated rings. The second-order valence-corrected chi connectivity index (χ2v) is 5.46. The molecule has 0 aromatic carbocycles. The zero-order chi connectivity index (χ0) is 14.1. The number of hydrogen-bond acceptors (Lipinski definition) is 3. The summed E-state index contributed by atoms with van der Waals surface area (Å²) in [4.78, 5) is 9.11. The fourth-order valence-electron chi connectivity index (χ4n) is 2.31. The molecule has 3 aromatic rings. The zero-order valence-corrected chi connectivity index (χ0v) is 12.2. The molecule has 3 rings (SSSR count). The predicted molar refractivity (Wildman–Crippen MR) is 78.8 cm³/mol. The highest BCUT2D eigenvalue weighted by atomic mass is 35.5. The van der Waals surface area contributed by atoms with Crippen molar-refractivity contribution in [3.8, 4) is 0 Å². The fourth-order valence-corrected chi connectivity index (χ4v) is 2.48. The monoisotopic (exact) mass is 289 g/mol. The van der Waals surface area contributed by atoms with Crippen molar-refractivity contribution in [3.05, 3.63) is 42.1 Å². The van der Waals surface area contributed by atoms with Crippen LogP contribution in [0.3, 0.4) is 0 Å². The lowest BCUT2D eigenvalue weighted by molar-refractivity contribution is 0.526. The summed E-state index contributed by atoms with van der Waals surface area (Å²) in [5.41, 5.74) is 2.93. The molecule has 0 N–H and O–H groups in total. The van der Waals surface area contributed by atoms with Crippen LogP contribution in [-0.2, 0) is 13.1 Å². The van der Waals surface area contributed by atoms with Crippen LogP contribution < -0.4 is 0 Å². The molecule has 5 nitrogen and oxygen atoms in total. The first-order chi connectivity index (χ1) is 9.66. The van der Waals surface area contributed by atoms with Crippen molar-refractivity contribution in [2.24, 2.45) is 0 Å². The van der Waals surface area contributed by atoms with E-state index in [0.29, 0.717) is 0 Å². The van der Waals surface area contributed by atoms with Gasteiger partial charge in [-0.15, -0.1) is 11.6 Å². The third-order valence-corrected chi connectivity index (χ3v) is 3.53. The van der Waals surface area contributed by atoms with Gasteiger partial charge in [-0.05, 0) is 31.5 Å². The maximum absolute atomic E-state index is 6.26. The zero-order valence-electron chi connectivity index (χ0n) is 11.5. The van der Waals surface area contributed by atoms with Crippen LogP contribution in [0.25, 0.3) is 11.2 Å². The van der Waals surface area contributed by atoms with Crippen molar-refractivity contribution >= 4 is 22.8 Å². The van der Waals surface area contributed by atoms with Gasteiger partial charge in [0.15, 0.2) is 5.65 Å². The van der Waals surface area contributed by atoms with Crippen LogP contribution in [0.15, 0.2) is 30.7 Å². The highest BCUT2D eigenvalue weighted by Crippen LogP contribution is 2.25. The molecular weight excluding hydrogens is 274 g/mol. The Balaban J connectivity index is 2.02. The first-order valence-corrected chi connectivity index (χ1v) is 7.03. The molecule has 3 heterocycles. The third-order valence-electron chi connectivity index (χ3n) is 3.33. The number of pyridine rings is 1. The van der Waals surface area contributed by atoms with Crippen molar-refractivity contribution in [1.29, 1.82) is 0 Å². The number of fused-ring (bicyclic) bond motifs is 1. The molecule has 0 aliphatic heterocycles. The van der Waals surface area contributed by atoms with E-state index in [1.165, 1.54) is 0 Å². The van der Waals surface area contributed by atoms with Gasteiger partial charge in [0.2, 0.25) is 0 Å². The first-order valence-electron chi connectivity index (χ1n) is 6.60. The lowest BCUT2D eigenvalue weighted by Crippen LogP contribution is -2.11. The third kappa shape index (κ3) is 2.29. The summed E-state index contributed by atoms with van der Waals surface area (Å²) >= 11 is 6.26. The van der Waals surface area contributed by atoms with Gasteiger partial charge < -0.3 is 4.57 Å². The largest absolute Gasteiger partial charge is 0.310 e.